The van der Waals surface area contributed by atoms with Gasteiger partial charge in [0.05, 0.1) is 39.3 Å². The summed E-state index contributed by atoms with van der Waals surface area (Å²) in [6, 6.07) is 4.30. The van der Waals surface area contributed by atoms with E-state index in [4.69, 9.17) is 18.9 Å². The summed E-state index contributed by atoms with van der Waals surface area (Å²) < 4.78 is 20.4. The van der Waals surface area contributed by atoms with Crippen LogP contribution in [-0.4, -0.2) is 61.8 Å². The smallest absolute Gasteiger partial charge is 0.313 e. The minimum absolute atomic E-state index is 0.00977. The number of hydrogen-bond donors (Lipinski definition) is 0. The Balaban J connectivity index is 2.38. The van der Waals surface area contributed by atoms with E-state index in [1.54, 1.807) is 0 Å². The molecule has 0 bridgehead atoms. The summed E-state index contributed by atoms with van der Waals surface area (Å²) in [4.78, 5) is 51.8. The van der Waals surface area contributed by atoms with Crippen LogP contribution in [0.1, 0.15) is 18.4 Å². The summed E-state index contributed by atoms with van der Waals surface area (Å²) in [5, 5.41) is 18.1. The summed E-state index contributed by atoms with van der Waals surface area (Å²) in [6.07, 6.45) is 1.22. The van der Waals surface area contributed by atoms with Crippen molar-refractivity contribution in [2.24, 2.45) is 0 Å². The maximum absolute atomic E-state index is 11.9. The first-order valence-corrected chi connectivity index (χ1v) is 9.19. The molecule has 0 fully saturated rings. The van der Waals surface area contributed by atoms with Crippen LogP contribution in [0.2, 0.25) is 0 Å². The zero-order chi connectivity index (χ0) is 23.8. The highest BCUT2D eigenvalue weighted by Crippen LogP contribution is 2.26. The Morgan fingerprint density at radius 2 is 1.38 bits per heavy atom. The van der Waals surface area contributed by atoms with Crippen LogP contribution in [0.5, 0.6) is 11.5 Å². The number of rotatable bonds is 17. The molecule has 0 saturated carbocycles. The fourth-order valence-electron chi connectivity index (χ4n) is 2.06. The van der Waals surface area contributed by atoms with Gasteiger partial charge in [0.15, 0.2) is 0 Å². The van der Waals surface area contributed by atoms with Gasteiger partial charge in [0, 0.05) is 5.56 Å². The summed E-state index contributed by atoms with van der Waals surface area (Å²) in [7, 11) is 0. The first-order chi connectivity index (χ1) is 15.3. The molecule has 1 aromatic carbocycles. The molecule has 0 aliphatic rings. The van der Waals surface area contributed by atoms with Crippen molar-refractivity contribution in [3.05, 3.63) is 50.6 Å². The first-order valence-electron chi connectivity index (χ1n) is 9.19. The molecule has 1 aromatic rings. The number of nitrogens with zero attached hydrogens (tertiary/aromatic N) is 2. The molecule has 0 N–H and O–H groups in total. The van der Waals surface area contributed by atoms with Gasteiger partial charge in [-0.1, -0.05) is 12.7 Å². The molecule has 32 heavy (non-hydrogen) atoms. The van der Waals surface area contributed by atoms with Gasteiger partial charge >= 0.3 is 11.9 Å². The SMILES string of the molecule is C=Cc1cc(OC(=O)CCOCCO[N+](=O)[O-])ccc1OC(=O)CCOCCO[N+](=O)[O-]. The Bertz CT molecular complexity index is 798. The van der Waals surface area contributed by atoms with E-state index < -0.39 is 22.1 Å². The van der Waals surface area contributed by atoms with Crippen molar-refractivity contribution in [2.75, 3.05) is 39.6 Å². The van der Waals surface area contributed by atoms with Crippen LogP contribution in [-0.2, 0) is 28.7 Å². The molecular weight excluding hydrogens is 436 g/mol. The average Bonchev–Trinajstić information content (AvgIpc) is 2.73. The Morgan fingerprint density at radius 1 is 0.844 bits per heavy atom. The predicted molar refractivity (Wildman–Crippen MR) is 105 cm³/mol. The predicted octanol–water partition coefficient (Wildman–Crippen LogP) is 1.37. The lowest BCUT2D eigenvalue weighted by atomic mass is 10.2. The summed E-state index contributed by atoms with van der Waals surface area (Å²) in [5.74, 6) is -0.824. The number of benzene rings is 1. The van der Waals surface area contributed by atoms with Crippen LogP contribution in [0.15, 0.2) is 24.8 Å². The zero-order valence-electron chi connectivity index (χ0n) is 17.0. The minimum atomic E-state index is -0.943. The second-order valence-electron chi connectivity index (χ2n) is 5.69. The Hall–Kier alpha value is -3.78. The highest BCUT2D eigenvalue weighted by atomic mass is 17.0. The standard InChI is InChI=1S/C18H22N2O12/c1-2-14-13-15(31-17(21)5-7-27-9-11-29-19(23)24)3-4-16(14)32-18(22)6-8-28-10-12-30-20(25)26/h2-4,13H,1,5-12H2. The molecule has 1 rings (SSSR count). The molecule has 0 saturated heterocycles. The van der Waals surface area contributed by atoms with E-state index in [0.717, 1.165) is 0 Å². The summed E-state index contributed by atoms with van der Waals surface area (Å²) >= 11 is 0. The molecule has 0 atom stereocenters. The van der Waals surface area contributed by atoms with Crippen LogP contribution in [0.4, 0.5) is 0 Å². The minimum Gasteiger partial charge on any atom is -0.426 e. The van der Waals surface area contributed by atoms with Crippen molar-refractivity contribution in [1.29, 1.82) is 0 Å². The molecule has 0 radical (unpaired) electrons. The molecule has 176 valence electrons. The van der Waals surface area contributed by atoms with Crippen LogP contribution >= 0.6 is 0 Å². The van der Waals surface area contributed by atoms with Crippen LogP contribution in [0.25, 0.3) is 6.08 Å². The van der Waals surface area contributed by atoms with Gasteiger partial charge in [0.2, 0.25) is 0 Å². The number of ether oxygens (including phenoxy) is 4. The fraction of sp³-hybridized carbons (Fsp3) is 0.444. The van der Waals surface area contributed by atoms with E-state index >= 15 is 0 Å². The third-order valence-corrected chi connectivity index (χ3v) is 3.41. The largest absolute Gasteiger partial charge is 0.426 e. The number of hydrogen-bond acceptors (Lipinski definition) is 12. The van der Waals surface area contributed by atoms with Gasteiger partial charge < -0.3 is 28.6 Å². The maximum Gasteiger partial charge on any atom is 0.313 e. The van der Waals surface area contributed by atoms with E-state index in [1.165, 1.54) is 24.3 Å². The van der Waals surface area contributed by atoms with E-state index in [2.05, 4.69) is 16.3 Å². The molecule has 0 heterocycles. The normalized spacial score (nSPS) is 10.1. The molecular formula is C18H22N2O12. The topological polar surface area (TPSA) is 176 Å². The van der Waals surface area contributed by atoms with E-state index in [1.807, 2.05) is 0 Å². The quantitative estimate of drug-likeness (QED) is 0.108. The van der Waals surface area contributed by atoms with Crippen molar-refractivity contribution in [1.82, 2.24) is 0 Å². The van der Waals surface area contributed by atoms with Gasteiger partial charge in [-0.05, 0) is 18.2 Å². The molecule has 0 amide bonds. The summed E-state index contributed by atoms with van der Waals surface area (Å²) in [5.41, 5.74) is 0.400. The monoisotopic (exact) mass is 458 g/mol. The first kappa shape index (κ1) is 26.3. The fourth-order valence-corrected chi connectivity index (χ4v) is 2.06. The lowest BCUT2D eigenvalue weighted by molar-refractivity contribution is -0.758. The molecule has 0 aliphatic heterocycles. The van der Waals surface area contributed by atoms with Gasteiger partial charge in [-0.3, -0.25) is 9.59 Å². The maximum atomic E-state index is 11.9. The van der Waals surface area contributed by atoms with Gasteiger partial charge in [-0.2, -0.15) is 0 Å². The Kier molecular flexibility index (Phi) is 12.4. The van der Waals surface area contributed by atoms with E-state index in [9.17, 15) is 29.8 Å². The number of esters is 2. The van der Waals surface area contributed by atoms with Gasteiger partial charge in [-0.25, -0.2) is 0 Å². The van der Waals surface area contributed by atoms with Gasteiger partial charge in [0.1, 0.15) is 24.7 Å². The highest BCUT2D eigenvalue weighted by Gasteiger charge is 2.11. The Morgan fingerprint density at radius 3 is 1.88 bits per heavy atom. The summed E-state index contributed by atoms with van der Waals surface area (Å²) in [6.45, 7) is 3.00. The molecule has 14 heteroatoms. The van der Waals surface area contributed by atoms with E-state index in [0.29, 0.717) is 5.56 Å². The van der Waals surface area contributed by atoms with Crippen molar-refractivity contribution < 1.29 is 48.4 Å². The van der Waals surface area contributed by atoms with Crippen LogP contribution < -0.4 is 9.47 Å². The molecule has 14 nitrogen and oxygen atoms in total. The molecule has 0 spiro atoms. The molecule has 0 aliphatic carbocycles. The number of carbonyl (C=O) groups excluding carboxylic acids is 2. The van der Waals surface area contributed by atoms with Crippen molar-refractivity contribution in [3.8, 4) is 11.5 Å². The van der Waals surface area contributed by atoms with Crippen LogP contribution in [0, 0.1) is 20.2 Å². The zero-order valence-corrected chi connectivity index (χ0v) is 17.0. The van der Waals surface area contributed by atoms with Crippen molar-refractivity contribution >= 4 is 18.0 Å². The van der Waals surface area contributed by atoms with E-state index in [-0.39, 0.29) is 64.0 Å². The molecule has 0 aromatic heterocycles. The second kappa shape index (κ2) is 15.1. The highest BCUT2D eigenvalue weighted by molar-refractivity contribution is 5.75. The van der Waals surface area contributed by atoms with Crippen molar-refractivity contribution in [2.45, 2.75) is 12.8 Å². The number of carbonyl (C=O) groups is 2. The van der Waals surface area contributed by atoms with Gasteiger partial charge in [-0.15, -0.1) is 20.2 Å². The lowest BCUT2D eigenvalue weighted by Gasteiger charge is -2.10. The van der Waals surface area contributed by atoms with Gasteiger partial charge in [0.25, 0.3) is 10.2 Å². The second-order valence-corrected chi connectivity index (χ2v) is 5.69. The van der Waals surface area contributed by atoms with Crippen LogP contribution in [0.3, 0.4) is 0 Å². The Labute approximate surface area is 181 Å². The third kappa shape index (κ3) is 12.0. The molecule has 0 unspecified atom stereocenters. The third-order valence-electron chi connectivity index (χ3n) is 3.41. The van der Waals surface area contributed by atoms with Crippen molar-refractivity contribution in [3.63, 3.8) is 0 Å². The lowest BCUT2D eigenvalue weighted by Crippen LogP contribution is -2.15. The average molecular weight is 458 g/mol.